The SMILES string of the molecule is COc1cc2c(cc1OC)CN(C(=O)/C=C/c1c(C)nn(-c3ccc(F)cc3)c1C)CC2. The molecule has 0 atom stereocenters. The van der Waals surface area contributed by atoms with E-state index in [1.165, 1.54) is 17.7 Å². The Morgan fingerprint density at radius 2 is 1.72 bits per heavy atom. The van der Waals surface area contributed by atoms with Crippen molar-refractivity contribution in [3.05, 3.63) is 76.4 Å². The quantitative estimate of drug-likeness (QED) is 0.563. The highest BCUT2D eigenvalue weighted by Gasteiger charge is 2.22. The lowest BCUT2D eigenvalue weighted by atomic mass is 9.98. The van der Waals surface area contributed by atoms with Crippen molar-refractivity contribution in [1.82, 2.24) is 14.7 Å². The van der Waals surface area contributed by atoms with Gasteiger partial charge in [0.1, 0.15) is 5.82 Å². The Kier molecular flexibility index (Phi) is 5.99. The van der Waals surface area contributed by atoms with Gasteiger partial charge in [-0.05, 0) is 73.9 Å². The molecule has 3 aromatic rings. The summed E-state index contributed by atoms with van der Waals surface area (Å²) in [5.74, 6) is 1.02. The third kappa shape index (κ3) is 4.10. The van der Waals surface area contributed by atoms with Crippen LogP contribution in [0.3, 0.4) is 0 Å². The number of methoxy groups -OCH3 is 2. The molecule has 0 unspecified atom stereocenters. The molecule has 4 rings (SSSR count). The van der Waals surface area contributed by atoms with Gasteiger partial charge in [0.25, 0.3) is 0 Å². The molecule has 1 amide bonds. The van der Waals surface area contributed by atoms with Crippen molar-refractivity contribution in [3.63, 3.8) is 0 Å². The molecule has 0 spiro atoms. The monoisotopic (exact) mass is 435 g/mol. The zero-order chi connectivity index (χ0) is 22.8. The van der Waals surface area contributed by atoms with Crippen LogP contribution in [0.2, 0.25) is 0 Å². The van der Waals surface area contributed by atoms with Gasteiger partial charge in [-0.3, -0.25) is 4.79 Å². The van der Waals surface area contributed by atoms with E-state index in [4.69, 9.17) is 9.47 Å². The van der Waals surface area contributed by atoms with Gasteiger partial charge in [0.2, 0.25) is 5.91 Å². The summed E-state index contributed by atoms with van der Waals surface area (Å²) in [4.78, 5) is 14.7. The number of benzene rings is 2. The van der Waals surface area contributed by atoms with E-state index in [1.807, 2.05) is 37.0 Å². The topological polar surface area (TPSA) is 56.6 Å². The van der Waals surface area contributed by atoms with Crippen LogP contribution in [0, 0.1) is 19.7 Å². The van der Waals surface area contributed by atoms with Crippen molar-refractivity contribution in [2.45, 2.75) is 26.8 Å². The van der Waals surface area contributed by atoms with E-state index >= 15 is 0 Å². The van der Waals surface area contributed by atoms with Gasteiger partial charge in [-0.25, -0.2) is 9.07 Å². The van der Waals surface area contributed by atoms with Crippen LogP contribution in [0.5, 0.6) is 11.5 Å². The van der Waals surface area contributed by atoms with Crippen molar-refractivity contribution in [1.29, 1.82) is 0 Å². The first-order valence-corrected chi connectivity index (χ1v) is 10.4. The number of fused-ring (bicyclic) bond motifs is 1. The highest BCUT2D eigenvalue weighted by molar-refractivity contribution is 5.92. The zero-order valence-electron chi connectivity index (χ0n) is 18.7. The average molecular weight is 435 g/mol. The summed E-state index contributed by atoms with van der Waals surface area (Å²) in [6.45, 7) is 4.99. The Morgan fingerprint density at radius 3 is 2.38 bits per heavy atom. The summed E-state index contributed by atoms with van der Waals surface area (Å²) in [6.07, 6.45) is 4.16. The number of aromatic nitrogens is 2. The molecule has 6 nitrogen and oxygen atoms in total. The van der Waals surface area contributed by atoms with Gasteiger partial charge >= 0.3 is 0 Å². The predicted octanol–water partition coefficient (Wildman–Crippen LogP) is 4.24. The lowest BCUT2D eigenvalue weighted by Crippen LogP contribution is -2.34. The molecule has 166 valence electrons. The number of carbonyl (C=O) groups is 1. The number of ether oxygens (including phenoxy) is 2. The number of rotatable bonds is 5. The lowest BCUT2D eigenvalue weighted by molar-refractivity contribution is -0.126. The van der Waals surface area contributed by atoms with Gasteiger partial charge in [-0.1, -0.05) is 0 Å². The highest BCUT2D eigenvalue weighted by atomic mass is 19.1. The fourth-order valence-electron chi connectivity index (χ4n) is 4.06. The van der Waals surface area contributed by atoms with Gasteiger partial charge in [-0.15, -0.1) is 0 Å². The van der Waals surface area contributed by atoms with E-state index in [2.05, 4.69) is 5.10 Å². The second-order valence-electron chi connectivity index (χ2n) is 7.79. The molecule has 0 bridgehead atoms. The molecule has 32 heavy (non-hydrogen) atoms. The van der Waals surface area contributed by atoms with Gasteiger partial charge < -0.3 is 14.4 Å². The minimum Gasteiger partial charge on any atom is -0.493 e. The third-order valence-electron chi connectivity index (χ3n) is 5.84. The Hall–Kier alpha value is -3.61. The van der Waals surface area contributed by atoms with Gasteiger partial charge in [0, 0.05) is 30.4 Å². The normalized spacial score (nSPS) is 13.3. The maximum Gasteiger partial charge on any atom is 0.246 e. The Labute approximate surface area is 186 Å². The van der Waals surface area contributed by atoms with Gasteiger partial charge in [0.15, 0.2) is 11.5 Å². The minimum absolute atomic E-state index is 0.0567. The number of hydrogen-bond donors (Lipinski definition) is 0. The van der Waals surface area contributed by atoms with Crippen LogP contribution in [0.15, 0.2) is 42.5 Å². The lowest BCUT2D eigenvalue weighted by Gasteiger charge is -2.28. The molecule has 1 aliphatic rings. The maximum absolute atomic E-state index is 13.3. The number of aryl methyl sites for hydroxylation is 1. The fourth-order valence-corrected chi connectivity index (χ4v) is 4.06. The van der Waals surface area contributed by atoms with Crippen LogP contribution in [0.4, 0.5) is 4.39 Å². The molecule has 0 radical (unpaired) electrons. The van der Waals surface area contributed by atoms with E-state index in [-0.39, 0.29) is 11.7 Å². The first-order valence-electron chi connectivity index (χ1n) is 10.4. The Morgan fingerprint density at radius 1 is 1.06 bits per heavy atom. The fraction of sp³-hybridized carbons (Fsp3) is 0.280. The van der Waals surface area contributed by atoms with Crippen LogP contribution in [0.25, 0.3) is 11.8 Å². The van der Waals surface area contributed by atoms with E-state index < -0.39 is 0 Å². The van der Waals surface area contributed by atoms with Crippen LogP contribution < -0.4 is 9.47 Å². The number of nitrogens with zero attached hydrogens (tertiary/aromatic N) is 3. The predicted molar refractivity (Wildman–Crippen MR) is 121 cm³/mol. The summed E-state index contributed by atoms with van der Waals surface area (Å²) in [6, 6.07) is 10.1. The van der Waals surface area contributed by atoms with E-state index in [0.29, 0.717) is 24.6 Å². The number of amides is 1. The molecule has 7 heteroatoms. The van der Waals surface area contributed by atoms with Crippen LogP contribution in [-0.2, 0) is 17.8 Å². The smallest absolute Gasteiger partial charge is 0.246 e. The molecular formula is C25H26FN3O3. The van der Waals surface area contributed by atoms with Crippen LogP contribution in [-0.4, -0.2) is 41.4 Å². The number of hydrogen-bond acceptors (Lipinski definition) is 4. The highest BCUT2D eigenvalue weighted by Crippen LogP contribution is 2.33. The second-order valence-corrected chi connectivity index (χ2v) is 7.79. The van der Waals surface area contributed by atoms with Crippen molar-refractivity contribution in [2.24, 2.45) is 0 Å². The molecular weight excluding hydrogens is 409 g/mol. The van der Waals surface area contributed by atoms with Crippen LogP contribution in [0.1, 0.15) is 28.1 Å². The molecule has 0 saturated carbocycles. The average Bonchev–Trinajstić information content (AvgIpc) is 3.09. The van der Waals surface area contributed by atoms with Crippen LogP contribution >= 0.6 is 0 Å². The Bertz CT molecular complexity index is 1180. The van der Waals surface area contributed by atoms with Crippen molar-refractivity contribution in [3.8, 4) is 17.2 Å². The minimum atomic E-state index is -0.292. The molecule has 2 heterocycles. The number of halogens is 1. The van der Waals surface area contributed by atoms with Crippen molar-refractivity contribution >= 4 is 12.0 Å². The van der Waals surface area contributed by atoms with Crippen molar-refractivity contribution < 1.29 is 18.7 Å². The van der Waals surface area contributed by atoms with Gasteiger partial charge in [0.05, 0.1) is 25.6 Å². The summed E-state index contributed by atoms with van der Waals surface area (Å²) in [7, 11) is 3.23. The number of carbonyl (C=O) groups excluding carboxylic acids is 1. The van der Waals surface area contributed by atoms with E-state index in [1.54, 1.807) is 37.1 Å². The summed E-state index contributed by atoms with van der Waals surface area (Å²) >= 11 is 0. The zero-order valence-corrected chi connectivity index (χ0v) is 18.7. The molecule has 0 fully saturated rings. The first-order chi connectivity index (χ1) is 15.4. The molecule has 0 N–H and O–H groups in total. The standard InChI is InChI=1S/C25H26FN3O3/c1-16-22(17(2)29(27-16)21-7-5-20(26)6-8-21)9-10-25(30)28-12-11-18-13-23(31-3)24(32-4)14-19(18)15-28/h5-10,13-14H,11-12,15H2,1-4H3/b10-9+. The van der Waals surface area contributed by atoms with Crippen molar-refractivity contribution in [2.75, 3.05) is 20.8 Å². The van der Waals surface area contributed by atoms with E-state index in [0.717, 1.165) is 34.6 Å². The van der Waals surface area contributed by atoms with E-state index in [9.17, 15) is 9.18 Å². The Balaban J connectivity index is 1.53. The third-order valence-corrected chi connectivity index (χ3v) is 5.84. The summed E-state index contributed by atoms with van der Waals surface area (Å²) < 4.78 is 25.8. The molecule has 0 saturated heterocycles. The summed E-state index contributed by atoms with van der Waals surface area (Å²) in [5, 5.41) is 4.56. The molecule has 2 aromatic carbocycles. The second kappa shape index (κ2) is 8.86. The molecule has 0 aliphatic carbocycles. The summed E-state index contributed by atoms with van der Waals surface area (Å²) in [5.41, 5.74) is 5.58. The first kappa shape index (κ1) is 21.6. The molecule has 1 aliphatic heterocycles. The molecule has 1 aromatic heterocycles. The van der Waals surface area contributed by atoms with Gasteiger partial charge in [-0.2, -0.15) is 5.10 Å². The largest absolute Gasteiger partial charge is 0.493 e. The maximum atomic E-state index is 13.3.